The summed E-state index contributed by atoms with van der Waals surface area (Å²) < 4.78 is 5.86. The van der Waals surface area contributed by atoms with Crippen LogP contribution in [0.5, 0.6) is 5.75 Å². The Labute approximate surface area is 176 Å². The van der Waals surface area contributed by atoms with Gasteiger partial charge in [0.05, 0.1) is 6.54 Å². The monoisotopic (exact) mass is 408 g/mol. The van der Waals surface area contributed by atoms with E-state index in [0.717, 1.165) is 51.3 Å². The molecule has 0 saturated carbocycles. The number of benzene rings is 2. The van der Waals surface area contributed by atoms with E-state index in [9.17, 15) is 14.7 Å². The second kappa shape index (κ2) is 7.76. The van der Waals surface area contributed by atoms with E-state index in [0.29, 0.717) is 6.42 Å². The summed E-state index contributed by atoms with van der Waals surface area (Å²) in [6.45, 7) is 5.85. The number of imide groups is 1. The molecular formula is C24H28N2O4. The zero-order valence-electron chi connectivity index (χ0n) is 17.7. The summed E-state index contributed by atoms with van der Waals surface area (Å²) in [6.07, 6.45) is 1.31. The number of amides is 3. The number of nitrogens with zero attached hydrogens (tertiary/aromatic N) is 1. The molecule has 4 rings (SSSR count). The Morgan fingerprint density at radius 2 is 1.87 bits per heavy atom. The standard InChI is InChI=1S/C24H28N2O4/c1-15-10-11-16(2)21(17(15)3)30-14-19(27)13-26-22(28)24(25-23(26)29)12-6-8-18-7-4-5-9-20(18)24/h4-5,7,9-11,19,27H,6,8,12-14H2,1-3H3,(H,25,29)/t19-,24+/m0/s1. The van der Waals surface area contributed by atoms with Crippen molar-refractivity contribution < 1.29 is 19.4 Å². The maximum Gasteiger partial charge on any atom is 0.325 e. The van der Waals surface area contributed by atoms with Gasteiger partial charge >= 0.3 is 6.03 Å². The molecule has 0 radical (unpaired) electrons. The summed E-state index contributed by atoms with van der Waals surface area (Å²) in [7, 11) is 0. The zero-order valence-corrected chi connectivity index (χ0v) is 17.7. The lowest BCUT2D eigenvalue weighted by Gasteiger charge is -2.33. The normalized spacial score (nSPS) is 21.5. The molecule has 2 N–H and O–H groups in total. The third-order valence-electron chi connectivity index (χ3n) is 6.34. The minimum absolute atomic E-state index is 0.00573. The van der Waals surface area contributed by atoms with Crippen molar-refractivity contribution in [3.05, 3.63) is 64.2 Å². The van der Waals surface area contributed by atoms with Gasteiger partial charge in [-0.2, -0.15) is 0 Å². The van der Waals surface area contributed by atoms with E-state index in [1.165, 1.54) is 0 Å². The Hall–Kier alpha value is -2.86. The highest BCUT2D eigenvalue weighted by atomic mass is 16.5. The van der Waals surface area contributed by atoms with Crippen LogP contribution >= 0.6 is 0 Å². The third kappa shape index (κ3) is 3.35. The number of rotatable bonds is 5. The molecule has 3 amide bonds. The number of β-amino-alcohol motifs (C(OH)–C–C–N with tert-alkyl or cyclic N) is 1. The van der Waals surface area contributed by atoms with Crippen molar-refractivity contribution in [3.63, 3.8) is 0 Å². The predicted molar refractivity (Wildman–Crippen MR) is 113 cm³/mol. The van der Waals surface area contributed by atoms with Crippen molar-refractivity contribution in [2.75, 3.05) is 13.2 Å². The minimum atomic E-state index is -1.02. The Morgan fingerprint density at radius 3 is 2.67 bits per heavy atom. The fourth-order valence-electron chi connectivity index (χ4n) is 4.57. The average molecular weight is 408 g/mol. The van der Waals surface area contributed by atoms with Gasteiger partial charge in [-0.05, 0) is 67.9 Å². The summed E-state index contributed by atoms with van der Waals surface area (Å²) in [5.74, 6) is 0.450. The lowest BCUT2D eigenvalue weighted by atomic mass is 9.76. The van der Waals surface area contributed by atoms with Gasteiger partial charge in [0.25, 0.3) is 5.91 Å². The Balaban J connectivity index is 1.48. The molecule has 1 aliphatic carbocycles. The van der Waals surface area contributed by atoms with E-state index in [4.69, 9.17) is 4.74 Å². The van der Waals surface area contributed by atoms with E-state index in [1.54, 1.807) is 0 Å². The van der Waals surface area contributed by atoms with Crippen molar-refractivity contribution in [1.82, 2.24) is 10.2 Å². The first-order chi connectivity index (χ1) is 14.3. The predicted octanol–water partition coefficient (Wildman–Crippen LogP) is 3.14. The number of nitrogens with one attached hydrogen (secondary N) is 1. The van der Waals surface area contributed by atoms with E-state index < -0.39 is 17.7 Å². The zero-order chi connectivity index (χ0) is 21.5. The smallest absolute Gasteiger partial charge is 0.325 e. The highest BCUT2D eigenvalue weighted by Gasteiger charge is 2.54. The van der Waals surface area contributed by atoms with Crippen LogP contribution in [0.2, 0.25) is 0 Å². The molecule has 6 nitrogen and oxygen atoms in total. The minimum Gasteiger partial charge on any atom is -0.490 e. The number of ether oxygens (including phenoxy) is 1. The molecule has 2 atom stereocenters. The number of aliphatic hydroxyl groups excluding tert-OH is 1. The van der Waals surface area contributed by atoms with E-state index in [-0.39, 0.29) is 19.1 Å². The molecule has 0 unspecified atom stereocenters. The van der Waals surface area contributed by atoms with Gasteiger partial charge in [0, 0.05) is 0 Å². The fourth-order valence-corrected chi connectivity index (χ4v) is 4.57. The number of hydrogen-bond acceptors (Lipinski definition) is 4. The first-order valence-corrected chi connectivity index (χ1v) is 10.4. The number of carbonyl (C=O) groups is 2. The van der Waals surface area contributed by atoms with Gasteiger partial charge in [-0.1, -0.05) is 36.4 Å². The van der Waals surface area contributed by atoms with Crippen LogP contribution in [0.4, 0.5) is 4.79 Å². The quantitative estimate of drug-likeness (QED) is 0.745. The number of hydrogen-bond donors (Lipinski definition) is 2. The van der Waals surface area contributed by atoms with Crippen LogP contribution in [0.3, 0.4) is 0 Å². The topological polar surface area (TPSA) is 78.9 Å². The van der Waals surface area contributed by atoms with Crippen LogP contribution in [0.15, 0.2) is 36.4 Å². The molecule has 2 aromatic rings. The molecule has 30 heavy (non-hydrogen) atoms. The molecule has 1 heterocycles. The number of carbonyl (C=O) groups excluding carboxylic acids is 2. The molecule has 1 spiro atoms. The van der Waals surface area contributed by atoms with Gasteiger partial charge in [-0.3, -0.25) is 9.69 Å². The lowest BCUT2D eigenvalue weighted by molar-refractivity contribution is -0.133. The van der Waals surface area contributed by atoms with Gasteiger partial charge in [0.1, 0.15) is 24.0 Å². The number of aryl methyl sites for hydroxylation is 3. The molecular weight excluding hydrogens is 380 g/mol. The van der Waals surface area contributed by atoms with E-state index in [1.807, 2.05) is 57.2 Å². The summed E-state index contributed by atoms with van der Waals surface area (Å²) in [4.78, 5) is 27.1. The maximum atomic E-state index is 13.3. The van der Waals surface area contributed by atoms with Crippen LogP contribution in [0, 0.1) is 20.8 Å². The van der Waals surface area contributed by atoms with E-state index in [2.05, 4.69) is 5.32 Å². The van der Waals surface area contributed by atoms with Crippen molar-refractivity contribution in [2.24, 2.45) is 0 Å². The van der Waals surface area contributed by atoms with Crippen LogP contribution in [0.1, 0.15) is 40.7 Å². The van der Waals surface area contributed by atoms with Gasteiger partial charge in [-0.25, -0.2) is 4.79 Å². The molecule has 2 aromatic carbocycles. The molecule has 1 saturated heterocycles. The Morgan fingerprint density at radius 1 is 1.13 bits per heavy atom. The fraction of sp³-hybridized carbons (Fsp3) is 0.417. The van der Waals surface area contributed by atoms with Gasteiger partial charge in [0.15, 0.2) is 0 Å². The number of urea groups is 1. The molecule has 1 fully saturated rings. The molecule has 0 aromatic heterocycles. The molecule has 6 heteroatoms. The Bertz CT molecular complexity index is 1000. The summed E-state index contributed by atoms with van der Waals surface area (Å²) in [5, 5.41) is 13.5. The van der Waals surface area contributed by atoms with Crippen molar-refractivity contribution in [3.8, 4) is 5.75 Å². The number of aliphatic hydroxyl groups is 1. The lowest BCUT2D eigenvalue weighted by Crippen LogP contribution is -2.47. The Kier molecular flexibility index (Phi) is 5.28. The molecule has 158 valence electrons. The molecule has 2 aliphatic rings. The molecule has 0 bridgehead atoms. The van der Waals surface area contributed by atoms with Crippen molar-refractivity contribution in [2.45, 2.75) is 51.7 Å². The molecule has 1 aliphatic heterocycles. The van der Waals surface area contributed by atoms with Crippen molar-refractivity contribution >= 4 is 11.9 Å². The first-order valence-electron chi connectivity index (χ1n) is 10.4. The van der Waals surface area contributed by atoms with Gasteiger partial charge in [0.2, 0.25) is 0 Å². The maximum absolute atomic E-state index is 13.3. The summed E-state index contributed by atoms with van der Waals surface area (Å²) in [5.41, 5.74) is 4.06. The van der Waals surface area contributed by atoms with E-state index >= 15 is 0 Å². The van der Waals surface area contributed by atoms with Crippen molar-refractivity contribution in [1.29, 1.82) is 0 Å². The van der Waals surface area contributed by atoms with Crippen LogP contribution in [-0.4, -0.2) is 41.2 Å². The SMILES string of the molecule is Cc1ccc(C)c(OC[C@@H](O)CN2C(=O)N[C@@]3(CCCc4ccccc43)C2=O)c1C. The second-order valence-electron chi connectivity index (χ2n) is 8.38. The summed E-state index contributed by atoms with van der Waals surface area (Å²) in [6, 6.07) is 11.3. The highest BCUT2D eigenvalue weighted by Crippen LogP contribution is 2.39. The highest BCUT2D eigenvalue weighted by molar-refractivity contribution is 6.07. The van der Waals surface area contributed by atoms with Crippen LogP contribution in [0.25, 0.3) is 0 Å². The number of fused-ring (bicyclic) bond motifs is 2. The summed E-state index contributed by atoms with van der Waals surface area (Å²) >= 11 is 0. The van der Waals surface area contributed by atoms with Gasteiger partial charge < -0.3 is 15.2 Å². The third-order valence-corrected chi connectivity index (χ3v) is 6.34. The van der Waals surface area contributed by atoms with Crippen LogP contribution in [-0.2, 0) is 16.8 Å². The second-order valence-corrected chi connectivity index (χ2v) is 8.38. The van der Waals surface area contributed by atoms with Crippen LogP contribution < -0.4 is 10.1 Å². The van der Waals surface area contributed by atoms with Gasteiger partial charge in [-0.15, -0.1) is 0 Å². The first kappa shape index (κ1) is 20.4. The largest absolute Gasteiger partial charge is 0.490 e. The average Bonchev–Trinajstić information content (AvgIpc) is 2.96.